The molecule has 3 N–H and O–H groups in total. The number of rotatable bonds is 5. The highest BCUT2D eigenvalue weighted by Crippen LogP contribution is 2.18. The van der Waals surface area contributed by atoms with Crippen LogP contribution in [0.3, 0.4) is 0 Å². The zero-order valence-electron chi connectivity index (χ0n) is 16.7. The topological polar surface area (TPSA) is 81.1 Å². The first-order valence-electron chi connectivity index (χ1n) is 9.08. The Bertz CT molecular complexity index is 944. The van der Waals surface area contributed by atoms with Crippen LogP contribution in [-0.4, -0.2) is 20.7 Å². The summed E-state index contributed by atoms with van der Waals surface area (Å²) in [6.07, 6.45) is 1.81. The summed E-state index contributed by atoms with van der Waals surface area (Å²) in [5.74, 6) is 1.65. The summed E-state index contributed by atoms with van der Waals surface area (Å²) in [6.45, 7) is 8.78. The zero-order chi connectivity index (χ0) is 19.4. The molecule has 0 aliphatic heterocycles. The third kappa shape index (κ3) is 5.54. The molecule has 0 saturated heterocycles. The van der Waals surface area contributed by atoms with Crippen molar-refractivity contribution in [2.75, 3.05) is 5.32 Å². The molecule has 1 aromatic carbocycles. The third-order valence-corrected chi connectivity index (χ3v) is 4.29. The van der Waals surface area contributed by atoms with Crippen molar-refractivity contribution in [3.05, 3.63) is 71.2 Å². The van der Waals surface area contributed by atoms with E-state index >= 15 is 0 Å². The van der Waals surface area contributed by atoms with E-state index in [1.54, 1.807) is 0 Å². The summed E-state index contributed by atoms with van der Waals surface area (Å²) >= 11 is 0. The van der Waals surface area contributed by atoms with Crippen molar-refractivity contribution in [2.24, 2.45) is 10.7 Å². The van der Waals surface area contributed by atoms with Gasteiger partial charge >= 0.3 is 0 Å². The maximum absolute atomic E-state index is 6.03. The van der Waals surface area contributed by atoms with Gasteiger partial charge in [-0.05, 0) is 55.2 Å². The molecule has 6 nitrogen and oxygen atoms in total. The number of nitrogens with zero attached hydrogens (tertiary/aromatic N) is 4. The van der Waals surface area contributed by atoms with E-state index in [1.165, 1.54) is 5.56 Å². The molecule has 2 aromatic heterocycles. The second-order valence-corrected chi connectivity index (χ2v) is 6.97. The second kappa shape index (κ2) is 9.68. The van der Waals surface area contributed by atoms with Crippen molar-refractivity contribution >= 4 is 35.6 Å². The fourth-order valence-corrected chi connectivity index (χ4v) is 2.84. The van der Waals surface area contributed by atoms with Crippen molar-refractivity contribution < 1.29 is 0 Å². The first kappa shape index (κ1) is 21.9. The molecule has 7 heteroatoms. The van der Waals surface area contributed by atoms with Gasteiger partial charge < -0.3 is 11.1 Å². The van der Waals surface area contributed by atoms with Gasteiger partial charge in [-0.15, -0.1) is 24.0 Å². The van der Waals surface area contributed by atoms with Crippen LogP contribution in [0.1, 0.15) is 42.3 Å². The molecule has 0 bridgehead atoms. The van der Waals surface area contributed by atoms with Crippen molar-refractivity contribution in [1.29, 1.82) is 0 Å². The highest BCUT2D eigenvalue weighted by atomic mass is 127. The molecule has 0 unspecified atom stereocenters. The van der Waals surface area contributed by atoms with Gasteiger partial charge in [-0.1, -0.05) is 32.0 Å². The van der Waals surface area contributed by atoms with E-state index in [0.717, 1.165) is 28.5 Å². The maximum atomic E-state index is 6.03. The Hall–Kier alpha value is -2.42. The Kier molecular flexibility index (Phi) is 7.56. The molecule has 0 aliphatic carbocycles. The Morgan fingerprint density at radius 2 is 1.96 bits per heavy atom. The molecule has 0 saturated carbocycles. The van der Waals surface area contributed by atoms with E-state index in [4.69, 9.17) is 5.73 Å². The lowest BCUT2D eigenvalue weighted by Crippen LogP contribution is -2.22. The summed E-state index contributed by atoms with van der Waals surface area (Å²) < 4.78 is 1.83. The van der Waals surface area contributed by atoms with Crippen molar-refractivity contribution in [2.45, 2.75) is 40.2 Å². The summed E-state index contributed by atoms with van der Waals surface area (Å²) in [4.78, 5) is 8.90. The number of aromatic nitrogens is 3. The molecule has 0 radical (unpaired) electrons. The number of pyridine rings is 1. The molecule has 3 rings (SSSR count). The maximum Gasteiger partial charge on any atom is 0.193 e. The summed E-state index contributed by atoms with van der Waals surface area (Å²) in [7, 11) is 0. The second-order valence-electron chi connectivity index (χ2n) is 6.97. The number of nitrogens with one attached hydrogen (secondary N) is 1. The van der Waals surface area contributed by atoms with Gasteiger partial charge in [-0.25, -0.2) is 14.7 Å². The van der Waals surface area contributed by atoms with Gasteiger partial charge in [0.2, 0.25) is 0 Å². The highest BCUT2D eigenvalue weighted by molar-refractivity contribution is 14.0. The average molecular weight is 490 g/mol. The van der Waals surface area contributed by atoms with E-state index < -0.39 is 0 Å². The number of halogens is 1. The summed E-state index contributed by atoms with van der Waals surface area (Å²) in [5, 5.41) is 7.60. The number of aryl methyl sites for hydroxylation is 2. The fraction of sp³-hybridized carbons (Fsp3) is 0.286. The van der Waals surface area contributed by atoms with Crippen LogP contribution in [0.25, 0.3) is 5.82 Å². The number of nitrogens with two attached hydrogens (primary N) is 1. The van der Waals surface area contributed by atoms with Crippen molar-refractivity contribution in [1.82, 2.24) is 14.8 Å². The number of aliphatic imine (C=N–C) groups is 1. The first-order valence-corrected chi connectivity index (χ1v) is 9.08. The Labute approximate surface area is 183 Å². The van der Waals surface area contributed by atoms with Crippen LogP contribution in [-0.2, 0) is 6.54 Å². The van der Waals surface area contributed by atoms with Crippen LogP contribution in [0, 0.1) is 13.8 Å². The van der Waals surface area contributed by atoms with Gasteiger partial charge in [0.1, 0.15) is 0 Å². The standard InChI is InChI=1S/C21H26N6.HI/c1-14(2)18-6-5-7-19(11-18)25-21(22)24-13-17-8-9-20(23-12-17)27-16(4)10-15(3)26-27;/h5-12,14H,13H2,1-4H3,(H3,22,24,25);1H. The quantitative estimate of drug-likeness (QED) is 0.312. The molecule has 0 spiro atoms. The van der Waals surface area contributed by atoms with E-state index in [0.29, 0.717) is 18.4 Å². The summed E-state index contributed by atoms with van der Waals surface area (Å²) in [6, 6.07) is 14.2. The molecule has 0 atom stereocenters. The minimum absolute atomic E-state index is 0. The van der Waals surface area contributed by atoms with E-state index in [9.17, 15) is 0 Å². The first-order chi connectivity index (χ1) is 12.9. The Morgan fingerprint density at radius 1 is 1.18 bits per heavy atom. The van der Waals surface area contributed by atoms with Gasteiger partial charge in [-0.2, -0.15) is 5.10 Å². The van der Waals surface area contributed by atoms with Crippen LogP contribution >= 0.6 is 24.0 Å². The van der Waals surface area contributed by atoms with Gasteiger partial charge in [0.25, 0.3) is 0 Å². The molecule has 0 fully saturated rings. The molecule has 3 aromatic rings. The predicted octanol–water partition coefficient (Wildman–Crippen LogP) is 4.55. The van der Waals surface area contributed by atoms with Crippen LogP contribution in [0.2, 0.25) is 0 Å². The molecular formula is C21H27IN6. The van der Waals surface area contributed by atoms with Crippen LogP contribution in [0.4, 0.5) is 5.69 Å². The van der Waals surface area contributed by atoms with Crippen molar-refractivity contribution in [3.8, 4) is 5.82 Å². The van der Waals surface area contributed by atoms with Crippen molar-refractivity contribution in [3.63, 3.8) is 0 Å². The average Bonchev–Trinajstić information content (AvgIpc) is 2.99. The van der Waals surface area contributed by atoms with Gasteiger partial charge in [-0.3, -0.25) is 0 Å². The fourth-order valence-electron chi connectivity index (χ4n) is 2.84. The van der Waals surface area contributed by atoms with Crippen LogP contribution in [0.5, 0.6) is 0 Å². The van der Waals surface area contributed by atoms with Gasteiger partial charge in [0, 0.05) is 17.6 Å². The highest BCUT2D eigenvalue weighted by Gasteiger charge is 2.05. The monoisotopic (exact) mass is 490 g/mol. The van der Waals surface area contributed by atoms with E-state index in [2.05, 4.69) is 46.4 Å². The lowest BCUT2D eigenvalue weighted by molar-refractivity contribution is 0.803. The Morgan fingerprint density at radius 3 is 2.57 bits per heavy atom. The molecule has 0 aliphatic rings. The third-order valence-electron chi connectivity index (χ3n) is 4.29. The van der Waals surface area contributed by atoms with E-state index in [1.807, 2.05) is 55.1 Å². The lowest BCUT2D eigenvalue weighted by atomic mass is 10.0. The molecule has 0 amide bonds. The SMILES string of the molecule is Cc1cc(C)n(-c2ccc(CN=C(N)Nc3cccc(C(C)C)c3)cn2)n1.I. The molecule has 148 valence electrons. The van der Waals surface area contributed by atoms with Gasteiger partial charge in [0.15, 0.2) is 11.8 Å². The molecule has 2 heterocycles. The minimum atomic E-state index is 0. The number of hydrogen-bond acceptors (Lipinski definition) is 3. The number of anilines is 1. The predicted molar refractivity (Wildman–Crippen MR) is 126 cm³/mol. The largest absolute Gasteiger partial charge is 0.370 e. The summed E-state index contributed by atoms with van der Waals surface area (Å²) in [5.41, 5.74) is 11.3. The smallest absolute Gasteiger partial charge is 0.193 e. The molecular weight excluding hydrogens is 463 g/mol. The van der Waals surface area contributed by atoms with Crippen LogP contribution in [0.15, 0.2) is 53.7 Å². The van der Waals surface area contributed by atoms with Crippen LogP contribution < -0.4 is 11.1 Å². The number of guanidine groups is 1. The normalized spacial score (nSPS) is 11.4. The lowest BCUT2D eigenvalue weighted by Gasteiger charge is -2.10. The molecule has 28 heavy (non-hydrogen) atoms. The zero-order valence-corrected chi connectivity index (χ0v) is 19.0. The van der Waals surface area contributed by atoms with Gasteiger partial charge in [0.05, 0.1) is 12.2 Å². The van der Waals surface area contributed by atoms with E-state index in [-0.39, 0.29) is 24.0 Å². The number of benzene rings is 1. The minimum Gasteiger partial charge on any atom is -0.370 e. The Balaban J connectivity index is 0.00000280. The number of hydrogen-bond donors (Lipinski definition) is 2.